The van der Waals surface area contributed by atoms with Gasteiger partial charge in [-0.15, -0.1) is 11.8 Å². The predicted molar refractivity (Wildman–Crippen MR) is 103 cm³/mol. The van der Waals surface area contributed by atoms with Crippen molar-refractivity contribution in [2.45, 2.75) is 35.7 Å². The van der Waals surface area contributed by atoms with Gasteiger partial charge in [0, 0.05) is 22.1 Å². The average molecular weight is 388 g/mol. The maximum Gasteiger partial charge on any atom is 0.314 e. The van der Waals surface area contributed by atoms with Gasteiger partial charge in [-0.05, 0) is 48.2 Å². The highest BCUT2D eigenvalue weighted by Crippen LogP contribution is 2.48. The van der Waals surface area contributed by atoms with Gasteiger partial charge in [0.15, 0.2) is 6.10 Å². The average Bonchev–Trinajstić information content (AvgIpc) is 3.34. The van der Waals surface area contributed by atoms with Crippen LogP contribution in [0.25, 0.3) is 0 Å². The molecule has 0 spiro atoms. The molecule has 26 heavy (non-hydrogen) atoms. The van der Waals surface area contributed by atoms with Gasteiger partial charge in [0.2, 0.25) is 0 Å². The second-order valence-corrected chi connectivity index (χ2v) is 8.19. The van der Waals surface area contributed by atoms with E-state index in [0.29, 0.717) is 5.02 Å². The Morgan fingerprint density at radius 3 is 2.50 bits per heavy atom. The van der Waals surface area contributed by atoms with Crippen molar-refractivity contribution >= 4 is 35.0 Å². The van der Waals surface area contributed by atoms with E-state index in [4.69, 9.17) is 16.4 Å². The van der Waals surface area contributed by atoms with E-state index < -0.39 is 11.4 Å². The Kier molecular flexibility index (Phi) is 4.67. The lowest BCUT2D eigenvalue weighted by atomic mass is 9.96. The van der Waals surface area contributed by atoms with Crippen molar-refractivity contribution < 1.29 is 14.7 Å². The van der Waals surface area contributed by atoms with Gasteiger partial charge < -0.3 is 9.94 Å². The molecule has 2 aliphatic rings. The summed E-state index contributed by atoms with van der Waals surface area (Å²) in [6.07, 6.45) is 2.19. The molecule has 0 bridgehead atoms. The third kappa shape index (κ3) is 3.46. The first-order chi connectivity index (χ1) is 12.6. The Morgan fingerprint density at radius 1 is 1.19 bits per heavy atom. The zero-order valence-corrected chi connectivity index (χ0v) is 15.6. The molecule has 0 amide bonds. The van der Waals surface area contributed by atoms with Crippen molar-refractivity contribution in [2.24, 2.45) is 5.16 Å². The summed E-state index contributed by atoms with van der Waals surface area (Å²) < 4.78 is 0. The maximum absolute atomic E-state index is 11.4. The smallest absolute Gasteiger partial charge is 0.314 e. The number of halogens is 1. The molecule has 0 radical (unpaired) electrons. The number of oxime groups is 1. The Hall–Kier alpha value is -1.98. The molecule has 2 aromatic carbocycles. The molecule has 0 aromatic heterocycles. The molecule has 1 aliphatic heterocycles. The fourth-order valence-electron chi connectivity index (χ4n) is 3.16. The summed E-state index contributed by atoms with van der Waals surface area (Å²) in [6.45, 7) is 0. The largest absolute Gasteiger partial charge is 0.481 e. The SMILES string of the molecule is O=C(O)C1(c2ccc(SCC3=NOC(c4ccc(Cl)cc4)C3)cc2)CC1. The van der Waals surface area contributed by atoms with Gasteiger partial charge in [0.25, 0.3) is 0 Å². The van der Waals surface area contributed by atoms with Crippen LogP contribution < -0.4 is 0 Å². The van der Waals surface area contributed by atoms with Crippen molar-refractivity contribution in [3.8, 4) is 0 Å². The van der Waals surface area contributed by atoms with Gasteiger partial charge in [-0.1, -0.05) is 41.0 Å². The molecule has 0 saturated heterocycles. The number of thioether (sulfide) groups is 1. The van der Waals surface area contributed by atoms with Crippen LogP contribution in [0.2, 0.25) is 5.02 Å². The zero-order chi connectivity index (χ0) is 18.1. The van der Waals surface area contributed by atoms with Gasteiger partial charge in [0.05, 0.1) is 11.1 Å². The number of hydrogen-bond acceptors (Lipinski definition) is 4. The number of aliphatic carboxylic acids is 1. The topological polar surface area (TPSA) is 58.9 Å². The van der Waals surface area contributed by atoms with E-state index in [1.807, 2.05) is 48.5 Å². The first-order valence-corrected chi connectivity index (χ1v) is 9.87. The molecule has 1 N–H and O–H groups in total. The Balaban J connectivity index is 1.32. The first-order valence-electron chi connectivity index (χ1n) is 8.51. The summed E-state index contributed by atoms with van der Waals surface area (Å²) in [5.41, 5.74) is 2.35. The van der Waals surface area contributed by atoms with Gasteiger partial charge in [-0.25, -0.2) is 0 Å². The summed E-state index contributed by atoms with van der Waals surface area (Å²) in [5.74, 6) is 0.0386. The highest BCUT2D eigenvalue weighted by molar-refractivity contribution is 8.00. The van der Waals surface area contributed by atoms with Crippen LogP contribution in [-0.4, -0.2) is 22.5 Å². The second kappa shape index (κ2) is 6.97. The number of hydrogen-bond donors (Lipinski definition) is 1. The molecule has 1 atom stereocenters. The molecule has 4 rings (SSSR count). The van der Waals surface area contributed by atoms with Crippen LogP contribution in [0.15, 0.2) is 58.6 Å². The van der Waals surface area contributed by atoms with E-state index in [1.54, 1.807) is 11.8 Å². The summed E-state index contributed by atoms with van der Waals surface area (Å²) in [7, 11) is 0. The fourth-order valence-corrected chi connectivity index (χ4v) is 4.11. The second-order valence-electron chi connectivity index (χ2n) is 6.71. The van der Waals surface area contributed by atoms with E-state index in [9.17, 15) is 9.90 Å². The van der Waals surface area contributed by atoms with Crippen LogP contribution in [-0.2, 0) is 15.0 Å². The minimum Gasteiger partial charge on any atom is -0.481 e. The highest BCUT2D eigenvalue weighted by atomic mass is 35.5. The minimum atomic E-state index is -0.719. The quantitative estimate of drug-likeness (QED) is 0.703. The van der Waals surface area contributed by atoms with Gasteiger partial charge in [-0.2, -0.15) is 0 Å². The predicted octanol–water partition coefficient (Wildman–Crippen LogP) is 5.07. The highest BCUT2D eigenvalue weighted by Gasteiger charge is 2.51. The number of benzene rings is 2. The molecule has 2 aromatic rings. The van der Waals surface area contributed by atoms with Gasteiger partial charge in [-0.3, -0.25) is 4.79 Å². The van der Waals surface area contributed by atoms with Crippen LogP contribution >= 0.6 is 23.4 Å². The van der Waals surface area contributed by atoms with Crippen molar-refractivity contribution in [2.75, 3.05) is 5.75 Å². The monoisotopic (exact) mass is 387 g/mol. The number of carboxylic acid groups (broad SMARTS) is 1. The fraction of sp³-hybridized carbons (Fsp3) is 0.300. The van der Waals surface area contributed by atoms with Crippen LogP contribution in [0, 0.1) is 0 Å². The molecule has 1 saturated carbocycles. The van der Waals surface area contributed by atoms with E-state index in [2.05, 4.69) is 5.16 Å². The van der Waals surface area contributed by atoms with Crippen molar-refractivity contribution in [3.05, 3.63) is 64.7 Å². The lowest BCUT2D eigenvalue weighted by Gasteiger charge is -2.10. The summed E-state index contributed by atoms with van der Waals surface area (Å²) in [5, 5.41) is 14.3. The molecular weight excluding hydrogens is 370 g/mol. The number of carboxylic acids is 1. The van der Waals surface area contributed by atoms with Crippen LogP contribution in [0.5, 0.6) is 0 Å². The summed E-state index contributed by atoms with van der Waals surface area (Å²) in [4.78, 5) is 18.0. The van der Waals surface area contributed by atoms with Crippen LogP contribution in [0.4, 0.5) is 0 Å². The molecule has 1 fully saturated rings. The third-order valence-electron chi connectivity index (χ3n) is 4.94. The Morgan fingerprint density at radius 2 is 1.88 bits per heavy atom. The van der Waals surface area contributed by atoms with Gasteiger partial charge in [0.1, 0.15) is 0 Å². The van der Waals surface area contributed by atoms with E-state index >= 15 is 0 Å². The lowest BCUT2D eigenvalue weighted by molar-refractivity contribution is -0.140. The first kappa shape index (κ1) is 17.4. The Labute approximate surface area is 161 Å². The lowest BCUT2D eigenvalue weighted by Crippen LogP contribution is -2.19. The minimum absolute atomic E-state index is 0.0458. The zero-order valence-electron chi connectivity index (χ0n) is 14.0. The number of nitrogens with zero attached hydrogens (tertiary/aromatic N) is 1. The molecule has 6 heteroatoms. The standard InChI is InChI=1S/C20H18ClNO3S/c21-15-5-1-13(2-6-15)18-11-16(22-25-18)12-26-17-7-3-14(4-8-17)20(9-10-20)19(23)24/h1-8,18H,9-12H2,(H,23,24). The molecular formula is C20H18ClNO3S. The maximum atomic E-state index is 11.4. The van der Waals surface area contributed by atoms with Crippen molar-refractivity contribution in [3.63, 3.8) is 0 Å². The third-order valence-corrected chi connectivity index (χ3v) is 6.28. The molecule has 1 heterocycles. The van der Waals surface area contributed by atoms with Crippen molar-refractivity contribution in [1.82, 2.24) is 0 Å². The summed E-state index contributed by atoms with van der Waals surface area (Å²) >= 11 is 7.61. The van der Waals surface area contributed by atoms with Crippen LogP contribution in [0.3, 0.4) is 0 Å². The molecule has 1 aliphatic carbocycles. The Bertz CT molecular complexity index is 844. The normalized spacial score (nSPS) is 20.3. The molecule has 4 nitrogen and oxygen atoms in total. The van der Waals surface area contributed by atoms with E-state index in [0.717, 1.165) is 46.7 Å². The molecule has 1 unspecified atom stereocenters. The van der Waals surface area contributed by atoms with Crippen LogP contribution in [0.1, 0.15) is 36.5 Å². The molecule has 134 valence electrons. The van der Waals surface area contributed by atoms with E-state index in [1.165, 1.54) is 0 Å². The number of rotatable bonds is 6. The van der Waals surface area contributed by atoms with Gasteiger partial charge >= 0.3 is 5.97 Å². The number of carbonyl (C=O) groups is 1. The van der Waals surface area contributed by atoms with Crippen molar-refractivity contribution in [1.29, 1.82) is 0 Å². The van der Waals surface area contributed by atoms with E-state index in [-0.39, 0.29) is 6.10 Å². The summed E-state index contributed by atoms with van der Waals surface area (Å²) in [6, 6.07) is 15.5.